The maximum Gasteiger partial charge on any atom is 0.0547 e. The van der Waals surface area contributed by atoms with E-state index < -0.39 is 0 Å². The Hall–Kier alpha value is -0.0400. The van der Waals surface area contributed by atoms with Crippen LogP contribution in [0.15, 0.2) is 0 Å². The Bertz CT molecular complexity index is 70.6. The summed E-state index contributed by atoms with van der Waals surface area (Å²) in [6.45, 7) is 5.45. The van der Waals surface area contributed by atoms with E-state index in [-0.39, 0.29) is 0 Å². The molecule has 54 valence electrons. The number of hydrogen-bond acceptors (Lipinski definition) is 1. The fraction of sp³-hybridized carbons (Fsp3) is 1.00. The first-order valence-corrected chi connectivity index (χ1v) is 3.90. The molecule has 1 fully saturated rings. The molecule has 0 saturated carbocycles. The minimum absolute atomic E-state index is 0.509. The molecule has 0 amide bonds. The zero-order valence-electron chi connectivity index (χ0n) is 6.39. The summed E-state index contributed by atoms with van der Waals surface area (Å²) >= 11 is 0. The van der Waals surface area contributed by atoms with Crippen molar-refractivity contribution in [3.63, 3.8) is 0 Å². The van der Waals surface area contributed by atoms with Gasteiger partial charge in [0.25, 0.3) is 0 Å². The average Bonchev–Trinajstić information content (AvgIpc) is 1.97. The van der Waals surface area contributed by atoms with E-state index in [9.17, 15) is 0 Å². The first kappa shape index (κ1) is 7.07. The van der Waals surface area contributed by atoms with Crippen molar-refractivity contribution in [2.24, 2.45) is 5.92 Å². The van der Waals surface area contributed by atoms with Crippen LogP contribution in [-0.4, -0.2) is 12.7 Å². The third-order valence-electron chi connectivity index (χ3n) is 2.08. The molecule has 1 aliphatic rings. The SMILES string of the molecule is C[C@@H]1CCO[C@H](C)CC1. The molecule has 1 heteroatoms. The second-order valence-corrected chi connectivity index (χ2v) is 3.15. The van der Waals surface area contributed by atoms with E-state index in [1.54, 1.807) is 0 Å². The van der Waals surface area contributed by atoms with Gasteiger partial charge in [-0.15, -0.1) is 0 Å². The van der Waals surface area contributed by atoms with Crippen LogP contribution in [0.3, 0.4) is 0 Å². The molecule has 0 radical (unpaired) electrons. The molecule has 1 rings (SSSR count). The lowest BCUT2D eigenvalue weighted by atomic mass is 10.0. The third-order valence-corrected chi connectivity index (χ3v) is 2.08. The summed E-state index contributed by atoms with van der Waals surface area (Å²) in [5, 5.41) is 0. The summed E-state index contributed by atoms with van der Waals surface area (Å²) in [7, 11) is 0. The maximum atomic E-state index is 5.47. The summed E-state index contributed by atoms with van der Waals surface area (Å²) in [5.41, 5.74) is 0. The summed E-state index contributed by atoms with van der Waals surface area (Å²) in [5.74, 6) is 0.884. The molecular formula is C8H16O. The van der Waals surface area contributed by atoms with Crippen molar-refractivity contribution in [1.29, 1.82) is 0 Å². The Morgan fingerprint density at radius 3 is 2.67 bits per heavy atom. The molecule has 0 aliphatic carbocycles. The highest BCUT2D eigenvalue weighted by Crippen LogP contribution is 2.17. The third kappa shape index (κ3) is 2.35. The van der Waals surface area contributed by atoms with Gasteiger partial charge in [0, 0.05) is 6.61 Å². The monoisotopic (exact) mass is 128 g/mol. The van der Waals surface area contributed by atoms with Crippen LogP contribution >= 0.6 is 0 Å². The molecule has 0 aromatic rings. The van der Waals surface area contributed by atoms with Crippen molar-refractivity contribution in [1.82, 2.24) is 0 Å². The lowest BCUT2D eigenvalue weighted by Crippen LogP contribution is -2.04. The van der Waals surface area contributed by atoms with E-state index in [1.807, 2.05) is 0 Å². The molecule has 1 saturated heterocycles. The van der Waals surface area contributed by atoms with E-state index >= 15 is 0 Å². The maximum absolute atomic E-state index is 5.47. The minimum atomic E-state index is 0.509. The van der Waals surface area contributed by atoms with Gasteiger partial charge in [-0.2, -0.15) is 0 Å². The lowest BCUT2D eigenvalue weighted by Gasteiger charge is -2.05. The van der Waals surface area contributed by atoms with Gasteiger partial charge in [0.2, 0.25) is 0 Å². The Morgan fingerprint density at radius 1 is 1.11 bits per heavy atom. The summed E-state index contributed by atoms with van der Waals surface area (Å²) in [6, 6.07) is 0. The lowest BCUT2D eigenvalue weighted by molar-refractivity contribution is 0.0713. The van der Waals surface area contributed by atoms with Crippen LogP contribution in [0.2, 0.25) is 0 Å². The Morgan fingerprint density at radius 2 is 1.89 bits per heavy atom. The van der Waals surface area contributed by atoms with Crippen molar-refractivity contribution in [2.75, 3.05) is 6.61 Å². The standard InChI is InChI=1S/C8H16O/c1-7-3-4-8(2)9-6-5-7/h7-8H,3-6H2,1-2H3/t7-,8+/m0/s1. The van der Waals surface area contributed by atoms with Crippen LogP contribution in [0.25, 0.3) is 0 Å². The predicted molar refractivity (Wildman–Crippen MR) is 38.4 cm³/mol. The largest absolute Gasteiger partial charge is 0.378 e. The number of ether oxygens (including phenoxy) is 1. The number of rotatable bonds is 0. The van der Waals surface area contributed by atoms with E-state index in [1.165, 1.54) is 19.3 Å². The van der Waals surface area contributed by atoms with E-state index in [0.717, 1.165) is 12.5 Å². The first-order chi connectivity index (χ1) is 4.29. The van der Waals surface area contributed by atoms with Gasteiger partial charge in [-0.05, 0) is 32.1 Å². The van der Waals surface area contributed by atoms with Crippen molar-refractivity contribution in [2.45, 2.75) is 39.2 Å². The van der Waals surface area contributed by atoms with Crippen LogP contribution < -0.4 is 0 Å². The number of hydrogen-bond donors (Lipinski definition) is 0. The highest BCUT2D eigenvalue weighted by molar-refractivity contribution is 4.61. The minimum Gasteiger partial charge on any atom is -0.378 e. The predicted octanol–water partition coefficient (Wildman–Crippen LogP) is 2.21. The van der Waals surface area contributed by atoms with Crippen molar-refractivity contribution < 1.29 is 4.74 Å². The van der Waals surface area contributed by atoms with Crippen LogP contribution in [0.1, 0.15) is 33.1 Å². The molecule has 2 atom stereocenters. The van der Waals surface area contributed by atoms with Crippen LogP contribution in [-0.2, 0) is 4.74 Å². The van der Waals surface area contributed by atoms with Crippen molar-refractivity contribution >= 4 is 0 Å². The molecule has 9 heavy (non-hydrogen) atoms. The molecule has 0 aromatic heterocycles. The molecule has 0 aromatic carbocycles. The van der Waals surface area contributed by atoms with Crippen molar-refractivity contribution in [3.8, 4) is 0 Å². The molecule has 1 aliphatic heterocycles. The van der Waals surface area contributed by atoms with Crippen LogP contribution in [0.5, 0.6) is 0 Å². The van der Waals surface area contributed by atoms with Gasteiger partial charge in [-0.25, -0.2) is 0 Å². The van der Waals surface area contributed by atoms with E-state index in [2.05, 4.69) is 13.8 Å². The normalized spacial score (nSPS) is 38.0. The highest BCUT2D eigenvalue weighted by atomic mass is 16.5. The first-order valence-electron chi connectivity index (χ1n) is 3.90. The Labute approximate surface area is 57.4 Å². The molecule has 0 unspecified atom stereocenters. The Balaban J connectivity index is 2.25. The fourth-order valence-corrected chi connectivity index (χ4v) is 1.22. The second kappa shape index (κ2) is 3.21. The summed E-state index contributed by atoms with van der Waals surface area (Å²) < 4.78 is 5.47. The van der Waals surface area contributed by atoms with Crippen molar-refractivity contribution in [3.05, 3.63) is 0 Å². The van der Waals surface area contributed by atoms with Gasteiger partial charge in [0.1, 0.15) is 0 Å². The smallest absolute Gasteiger partial charge is 0.0547 e. The van der Waals surface area contributed by atoms with Crippen LogP contribution in [0.4, 0.5) is 0 Å². The van der Waals surface area contributed by atoms with Crippen LogP contribution in [0, 0.1) is 5.92 Å². The average molecular weight is 128 g/mol. The topological polar surface area (TPSA) is 9.23 Å². The van der Waals surface area contributed by atoms with Gasteiger partial charge in [-0.3, -0.25) is 0 Å². The summed E-state index contributed by atoms with van der Waals surface area (Å²) in [6.07, 6.45) is 4.36. The van der Waals surface area contributed by atoms with Gasteiger partial charge >= 0.3 is 0 Å². The second-order valence-electron chi connectivity index (χ2n) is 3.15. The summed E-state index contributed by atoms with van der Waals surface area (Å²) in [4.78, 5) is 0. The molecule has 0 spiro atoms. The quantitative estimate of drug-likeness (QED) is 0.486. The highest BCUT2D eigenvalue weighted by Gasteiger charge is 2.11. The van der Waals surface area contributed by atoms with Gasteiger partial charge in [0.15, 0.2) is 0 Å². The van der Waals surface area contributed by atoms with E-state index in [4.69, 9.17) is 4.74 Å². The van der Waals surface area contributed by atoms with Gasteiger partial charge < -0.3 is 4.74 Å². The zero-order valence-corrected chi connectivity index (χ0v) is 6.39. The fourth-order valence-electron chi connectivity index (χ4n) is 1.22. The molecule has 1 nitrogen and oxygen atoms in total. The molecule has 0 N–H and O–H groups in total. The zero-order chi connectivity index (χ0) is 6.69. The molecule has 1 heterocycles. The molecule has 0 bridgehead atoms. The molecular weight excluding hydrogens is 112 g/mol. The van der Waals surface area contributed by atoms with Gasteiger partial charge in [-0.1, -0.05) is 6.92 Å². The van der Waals surface area contributed by atoms with Gasteiger partial charge in [0.05, 0.1) is 6.10 Å². The Kier molecular flexibility index (Phi) is 2.52. The van der Waals surface area contributed by atoms with E-state index in [0.29, 0.717) is 6.10 Å².